The molecule has 0 bridgehead atoms. The number of nitrogens with one attached hydrogen (secondary N) is 1. The molecule has 4 nitrogen and oxygen atoms in total. The van der Waals surface area contributed by atoms with Gasteiger partial charge in [0.1, 0.15) is 11.6 Å². The van der Waals surface area contributed by atoms with Crippen molar-refractivity contribution in [2.45, 2.75) is 78.7 Å². The third-order valence-corrected chi connectivity index (χ3v) is 5.73. The van der Waals surface area contributed by atoms with Crippen LogP contribution in [0, 0.1) is 0 Å². The molecule has 4 heteroatoms. The number of methoxy groups -OCH3 is 1. The Labute approximate surface area is 163 Å². The number of nitrogens with zero attached hydrogens (tertiary/aromatic N) is 2. The Morgan fingerprint density at radius 2 is 1.74 bits per heavy atom. The maximum Gasteiger partial charge on any atom is 0.148 e. The number of ether oxygens (including phenoxy) is 1. The van der Waals surface area contributed by atoms with E-state index in [0.717, 1.165) is 72.7 Å². The minimum atomic E-state index is 0.440. The van der Waals surface area contributed by atoms with E-state index in [1.807, 2.05) is 0 Å². The molecule has 146 valence electrons. The number of fused-ring (bicyclic) bond motifs is 1. The Kier molecular flexibility index (Phi) is 6.35. The molecule has 3 rings (SSSR count). The second-order valence-electron chi connectivity index (χ2n) is 7.32. The number of hydrogen-bond acceptors (Lipinski definition) is 4. The molecule has 0 atom stereocenters. The lowest BCUT2D eigenvalue weighted by Crippen LogP contribution is -2.20. The minimum Gasteiger partial charge on any atom is -0.496 e. The van der Waals surface area contributed by atoms with Crippen molar-refractivity contribution in [3.05, 3.63) is 34.6 Å². The summed E-state index contributed by atoms with van der Waals surface area (Å²) in [5.74, 6) is 1.95. The lowest BCUT2D eigenvalue weighted by molar-refractivity contribution is 0.412. The maximum absolute atomic E-state index is 5.86. The quantitative estimate of drug-likeness (QED) is 0.682. The molecule has 0 unspecified atom stereocenters. The van der Waals surface area contributed by atoms with E-state index in [-0.39, 0.29) is 0 Å². The molecule has 1 aromatic carbocycles. The van der Waals surface area contributed by atoms with E-state index in [1.54, 1.807) is 7.11 Å². The van der Waals surface area contributed by atoms with Crippen LogP contribution in [-0.2, 0) is 25.7 Å². The Morgan fingerprint density at radius 1 is 1.00 bits per heavy atom. The SMILES string of the molecule is CCc1nc(-c2ccc3c(c2OC)CCC3)c(CC)nc1NC(CC)CC. The number of rotatable bonds is 8. The summed E-state index contributed by atoms with van der Waals surface area (Å²) in [6.07, 6.45) is 7.34. The highest BCUT2D eigenvalue weighted by molar-refractivity contribution is 5.73. The molecule has 1 aliphatic carbocycles. The molecule has 0 radical (unpaired) electrons. The van der Waals surface area contributed by atoms with Crippen LogP contribution in [0.1, 0.15) is 69.5 Å². The van der Waals surface area contributed by atoms with Crippen LogP contribution < -0.4 is 10.1 Å². The Balaban J connectivity index is 2.11. The summed E-state index contributed by atoms with van der Waals surface area (Å²) in [7, 11) is 1.78. The van der Waals surface area contributed by atoms with E-state index in [4.69, 9.17) is 14.7 Å². The Hall–Kier alpha value is -2.10. The highest BCUT2D eigenvalue weighted by Crippen LogP contribution is 2.40. The van der Waals surface area contributed by atoms with Gasteiger partial charge in [-0.05, 0) is 62.1 Å². The van der Waals surface area contributed by atoms with Gasteiger partial charge in [0.25, 0.3) is 0 Å². The first kappa shape index (κ1) is 19.7. The molecule has 0 amide bonds. The zero-order valence-electron chi connectivity index (χ0n) is 17.5. The van der Waals surface area contributed by atoms with E-state index in [0.29, 0.717) is 6.04 Å². The number of aryl methyl sites for hydroxylation is 3. The van der Waals surface area contributed by atoms with E-state index >= 15 is 0 Å². The fourth-order valence-corrected chi connectivity index (χ4v) is 4.07. The smallest absolute Gasteiger partial charge is 0.148 e. The average molecular weight is 368 g/mol. The lowest BCUT2D eigenvalue weighted by atomic mass is 10.00. The molecule has 0 fully saturated rings. The van der Waals surface area contributed by atoms with Gasteiger partial charge in [0.15, 0.2) is 0 Å². The summed E-state index contributed by atoms with van der Waals surface area (Å²) in [4.78, 5) is 10.1. The Bertz CT molecular complexity index is 797. The van der Waals surface area contributed by atoms with Crippen molar-refractivity contribution < 1.29 is 4.74 Å². The van der Waals surface area contributed by atoms with Crippen LogP contribution in [0.25, 0.3) is 11.3 Å². The predicted molar refractivity (Wildman–Crippen MR) is 113 cm³/mol. The number of hydrogen-bond donors (Lipinski definition) is 1. The molecule has 1 aromatic heterocycles. The first-order valence-electron chi connectivity index (χ1n) is 10.5. The van der Waals surface area contributed by atoms with Crippen LogP contribution in [-0.4, -0.2) is 23.1 Å². The minimum absolute atomic E-state index is 0.440. The van der Waals surface area contributed by atoms with Gasteiger partial charge in [-0.3, -0.25) is 0 Å². The van der Waals surface area contributed by atoms with E-state index in [1.165, 1.54) is 17.5 Å². The summed E-state index contributed by atoms with van der Waals surface area (Å²) in [5.41, 5.74) is 6.93. The normalized spacial score (nSPS) is 13.1. The van der Waals surface area contributed by atoms with Gasteiger partial charge in [-0.2, -0.15) is 0 Å². The summed E-state index contributed by atoms with van der Waals surface area (Å²) in [6.45, 7) is 8.73. The molecule has 0 spiro atoms. The third-order valence-electron chi connectivity index (χ3n) is 5.73. The summed E-state index contributed by atoms with van der Waals surface area (Å²) in [6, 6.07) is 4.87. The van der Waals surface area contributed by atoms with Gasteiger partial charge in [-0.25, -0.2) is 9.97 Å². The molecule has 0 saturated carbocycles. The average Bonchev–Trinajstić information content (AvgIpc) is 3.19. The molecular weight excluding hydrogens is 334 g/mol. The summed E-state index contributed by atoms with van der Waals surface area (Å²) < 4.78 is 5.86. The van der Waals surface area contributed by atoms with Crippen molar-refractivity contribution in [3.8, 4) is 17.0 Å². The molecule has 2 aromatic rings. The molecule has 27 heavy (non-hydrogen) atoms. The number of aromatic nitrogens is 2. The second-order valence-corrected chi connectivity index (χ2v) is 7.32. The van der Waals surface area contributed by atoms with Crippen LogP contribution in [0.4, 0.5) is 5.82 Å². The van der Waals surface area contributed by atoms with Crippen molar-refractivity contribution in [1.82, 2.24) is 9.97 Å². The predicted octanol–water partition coefficient (Wildman–Crippen LogP) is 5.37. The monoisotopic (exact) mass is 367 g/mol. The largest absolute Gasteiger partial charge is 0.496 e. The molecule has 1 heterocycles. The second kappa shape index (κ2) is 8.73. The van der Waals surface area contributed by atoms with E-state index in [9.17, 15) is 0 Å². The van der Waals surface area contributed by atoms with Crippen LogP contribution in [0.3, 0.4) is 0 Å². The van der Waals surface area contributed by atoms with Crippen LogP contribution >= 0.6 is 0 Å². The highest BCUT2D eigenvalue weighted by Gasteiger charge is 2.23. The van der Waals surface area contributed by atoms with Crippen LogP contribution in [0.5, 0.6) is 5.75 Å². The van der Waals surface area contributed by atoms with Crippen molar-refractivity contribution in [2.75, 3.05) is 12.4 Å². The van der Waals surface area contributed by atoms with Crippen LogP contribution in [0.2, 0.25) is 0 Å². The zero-order valence-corrected chi connectivity index (χ0v) is 17.5. The fraction of sp³-hybridized carbons (Fsp3) is 0.565. The van der Waals surface area contributed by atoms with E-state index < -0.39 is 0 Å². The van der Waals surface area contributed by atoms with Crippen molar-refractivity contribution >= 4 is 5.82 Å². The van der Waals surface area contributed by atoms with Crippen molar-refractivity contribution in [1.29, 1.82) is 0 Å². The summed E-state index contributed by atoms with van der Waals surface area (Å²) in [5, 5.41) is 3.62. The maximum atomic E-state index is 5.86. The molecule has 0 saturated heterocycles. The fourth-order valence-electron chi connectivity index (χ4n) is 4.07. The lowest BCUT2D eigenvalue weighted by Gasteiger charge is -2.20. The van der Waals surface area contributed by atoms with Gasteiger partial charge >= 0.3 is 0 Å². The van der Waals surface area contributed by atoms with Gasteiger partial charge in [-0.15, -0.1) is 0 Å². The topological polar surface area (TPSA) is 47.0 Å². The van der Waals surface area contributed by atoms with Crippen molar-refractivity contribution in [3.63, 3.8) is 0 Å². The highest BCUT2D eigenvalue weighted by atomic mass is 16.5. The van der Waals surface area contributed by atoms with E-state index in [2.05, 4.69) is 45.1 Å². The first-order valence-corrected chi connectivity index (χ1v) is 10.5. The molecular formula is C23H33N3O. The standard InChI is InChI=1S/C23H33N3O/c1-6-16(7-2)24-23-20(9-4)25-21(19(8-3)26-23)18-14-13-15-11-10-12-17(15)22(18)27-5/h13-14,16H,6-12H2,1-5H3,(H,24,26). The molecule has 1 aliphatic rings. The number of anilines is 1. The third kappa shape index (κ3) is 3.80. The number of benzene rings is 1. The Morgan fingerprint density at radius 3 is 2.37 bits per heavy atom. The van der Waals surface area contributed by atoms with Gasteiger partial charge in [0.05, 0.1) is 24.2 Å². The van der Waals surface area contributed by atoms with Crippen LogP contribution in [0.15, 0.2) is 12.1 Å². The van der Waals surface area contributed by atoms with Gasteiger partial charge in [0, 0.05) is 11.6 Å². The first-order chi connectivity index (χ1) is 13.2. The summed E-state index contributed by atoms with van der Waals surface area (Å²) >= 11 is 0. The molecule has 1 N–H and O–H groups in total. The van der Waals surface area contributed by atoms with Gasteiger partial charge in [0.2, 0.25) is 0 Å². The molecule has 0 aliphatic heterocycles. The van der Waals surface area contributed by atoms with Gasteiger partial charge in [-0.1, -0.05) is 33.8 Å². The van der Waals surface area contributed by atoms with Crippen molar-refractivity contribution in [2.24, 2.45) is 0 Å². The van der Waals surface area contributed by atoms with Gasteiger partial charge < -0.3 is 10.1 Å². The zero-order chi connectivity index (χ0) is 19.4.